The van der Waals surface area contributed by atoms with Crippen molar-refractivity contribution in [2.45, 2.75) is 18.9 Å². The second-order valence-corrected chi connectivity index (χ2v) is 6.21. The number of fused-ring (bicyclic) bond motifs is 1. The normalized spacial score (nSPS) is 17.0. The number of likely N-dealkylation sites (tertiary alicyclic amines) is 1. The van der Waals surface area contributed by atoms with Crippen molar-refractivity contribution < 1.29 is 4.79 Å². The van der Waals surface area contributed by atoms with Crippen LogP contribution in [0.15, 0.2) is 54.7 Å². The molecule has 3 aromatic rings. The summed E-state index contributed by atoms with van der Waals surface area (Å²) < 4.78 is 1.94. The fourth-order valence-corrected chi connectivity index (χ4v) is 3.39. The first-order chi connectivity index (χ1) is 12.8. The lowest BCUT2D eigenvalue weighted by Crippen LogP contribution is -2.30. The molecule has 26 heavy (non-hydrogen) atoms. The summed E-state index contributed by atoms with van der Waals surface area (Å²) in [6.07, 6.45) is 6.96. The lowest BCUT2D eigenvalue weighted by Gasteiger charge is -2.22. The fraction of sp³-hybridized carbons (Fsp3) is 0.200. The molecule has 2 aromatic heterocycles. The highest BCUT2D eigenvalue weighted by atomic mass is 16.2. The Morgan fingerprint density at radius 1 is 1.19 bits per heavy atom. The zero-order valence-electron chi connectivity index (χ0n) is 14.1. The van der Waals surface area contributed by atoms with Crippen LogP contribution in [0.25, 0.3) is 11.7 Å². The number of carbonyl (C=O) groups is 1. The van der Waals surface area contributed by atoms with E-state index in [-0.39, 0.29) is 11.9 Å². The number of aromatic nitrogens is 3. The highest BCUT2D eigenvalue weighted by molar-refractivity contribution is 5.92. The van der Waals surface area contributed by atoms with E-state index in [0.29, 0.717) is 12.1 Å². The largest absolute Gasteiger partial charge is 0.329 e. The molecule has 1 aliphatic heterocycles. The Hall–Kier alpha value is -3.46. The van der Waals surface area contributed by atoms with Gasteiger partial charge in [-0.15, -0.1) is 10.2 Å². The Kier molecular flexibility index (Phi) is 4.20. The molecule has 1 atom stereocenters. The van der Waals surface area contributed by atoms with Gasteiger partial charge in [0.25, 0.3) is 0 Å². The van der Waals surface area contributed by atoms with Gasteiger partial charge in [0.05, 0.1) is 17.7 Å². The zero-order chi connectivity index (χ0) is 17.9. The van der Waals surface area contributed by atoms with Crippen LogP contribution in [0.2, 0.25) is 0 Å². The van der Waals surface area contributed by atoms with Gasteiger partial charge >= 0.3 is 0 Å². The first-order valence-corrected chi connectivity index (χ1v) is 8.55. The van der Waals surface area contributed by atoms with Gasteiger partial charge in [0, 0.05) is 18.8 Å². The van der Waals surface area contributed by atoms with E-state index in [2.05, 4.69) is 16.3 Å². The van der Waals surface area contributed by atoms with Crippen molar-refractivity contribution in [3.8, 4) is 6.07 Å². The van der Waals surface area contributed by atoms with Crippen LogP contribution in [0.5, 0.6) is 0 Å². The maximum atomic E-state index is 12.8. The summed E-state index contributed by atoms with van der Waals surface area (Å²) in [6, 6.07) is 15.0. The summed E-state index contributed by atoms with van der Waals surface area (Å²) in [5.74, 6) is 0.713. The molecular weight excluding hydrogens is 326 g/mol. The van der Waals surface area contributed by atoms with Gasteiger partial charge in [-0.25, -0.2) is 0 Å². The van der Waals surface area contributed by atoms with E-state index >= 15 is 0 Å². The number of benzene rings is 1. The van der Waals surface area contributed by atoms with Gasteiger partial charge < -0.3 is 4.90 Å². The Morgan fingerprint density at radius 2 is 2.04 bits per heavy atom. The van der Waals surface area contributed by atoms with E-state index in [4.69, 9.17) is 5.26 Å². The molecule has 0 bridgehead atoms. The molecule has 0 N–H and O–H groups in total. The lowest BCUT2D eigenvalue weighted by molar-refractivity contribution is -0.127. The second-order valence-electron chi connectivity index (χ2n) is 6.21. The highest BCUT2D eigenvalue weighted by Gasteiger charge is 2.32. The summed E-state index contributed by atoms with van der Waals surface area (Å²) in [5.41, 5.74) is 2.07. The van der Waals surface area contributed by atoms with E-state index < -0.39 is 0 Å². The Balaban J connectivity index is 1.59. The van der Waals surface area contributed by atoms with Crippen molar-refractivity contribution in [2.75, 3.05) is 6.54 Å². The van der Waals surface area contributed by atoms with Crippen LogP contribution in [-0.2, 0) is 4.79 Å². The van der Waals surface area contributed by atoms with E-state index in [0.717, 1.165) is 29.9 Å². The minimum absolute atomic E-state index is 0.0760. The lowest BCUT2D eigenvalue weighted by atomic mass is 10.1. The van der Waals surface area contributed by atoms with Gasteiger partial charge in [0.1, 0.15) is 0 Å². The summed E-state index contributed by atoms with van der Waals surface area (Å²) in [6.45, 7) is 0.690. The number of rotatable bonds is 3. The maximum absolute atomic E-state index is 12.8. The molecule has 1 amide bonds. The zero-order valence-corrected chi connectivity index (χ0v) is 14.1. The third-order valence-corrected chi connectivity index (χ3v) is 4.66. The van der Waals surface area contributed by atoms with Crippen LogP contribution >= 0.6 is 0 Å². The van der Waals surface area contributed by atoms with Gasteiger partial charge in [-0.1, -0.05) is 24.3 Å². The topological polar surface area (TPSA) is 74.3 Å². The monoisotopic (exact) mass is 343 g/mol. The van der Waals surface area contributed by atoms with Crippen molar-refractivity contribution in [2.24, 2.45) is 0 Å². The molecule has 0 radical (unpaired) electrons. The van der Waals surface area contributed by atoms with Gasteiger partial charge in [-0.2, -0.15) is 5.26 Å². The standard InChI is InChI=1S/C20H17N5O/c21-14-16-7-2-1-6-15(16)10-11-19(26)24-13-5-8-17(24)20-23-22-18-9-3-4-12-25(18)20/h1-4,6-7,9-12,17H,5,8,13H2/b11-10+/t17-/m1/s1. The van der Waals surface area contributed by atoms with E-state index in [1.807, 2.05) is 51.9 Å². The van der Waals surface area contributed by atoms with Crippen LogP contribution in [0.4, 0.5) is 0 Å². The van der Waals surface area contributed by atoms with E-state index in [1.165, 1.54) is 6.08 Å². The second kappa shape index (κ2) is 6.81. The van der Waals surface area contributed by atoms with Crippen LogP contribution in [0.1, 0.15) is 35.8 Å². The summed E-state index contributed by atoms with van der Waals surface area (Å²) in [5, 5.41) is 17.7. The molecule has 1 aliphatic rings. The first kappa shape index (κ1) is 16.0. The number of hydrogen-bond donors (Lipinski definition) is 0. The minimum atomic E-state index is -0.0873. The smallest absolute Gasteiger partial charge is 0.247 e. The molecule has 6 heteroatoms. The number of carbonyl (C=O) groups excluding carboxylic acids is 1. The van der Waals surface area contributed by atoms with Gasteiger partial charge in [-0.3, -0.25) is 9.20 Å². The molecule has 4 rings (SSSR count). The molecule has 0 saturated carbocycles. The third-order valence-electron chi connectivity index (χ3n) is 4.66. The van der Waals surface area contributed by atoms with Gasteiger partial charge in [-0.05, 0) is 42.7 Å². The molecule has 1 saturated heterocycles. The van der Waals surface area contributed by atoms with Crippen molar-refractivity contribution in [3.63, 3.8) is 0 Å². The summed E-state index contributed by atoms with van der Waals surface area (Å²) >= 11 is 0. The minimum Gasteiger partial charge on any atom is -0.329 e. The number of pyridine rings is 1. The summed E-state index contributed by atoms with van der Waals surface area (Å²) in [7, 11) is 0. The Morgan fingerprint density at radius 3 is 2.92 bits per heavy atom. The predicted molar refractivity (Wildman–Crippen MR) is 96.9 cm³/mol. The molecule has 1 fully saturated rings. The molecule has 0 aliphatic carbocycles. The van der Waals surface area contributed by atoms with Crippen LogP contribution in [0, 0.1) is 11.3 Å². The quantitative estimate of drug-likeness (QED) is 0.685. The van der Waals surface area contributed by atoms with Crippen molar-refractivity contribution in [1.82, 2.24) is 19.5 Å². The average Bonchev–Trinajstić information content (AvgIpc) is 3.32. The van der Waals surface area contributed by atoms with Crippen LogP contribution in [0.3, 0.4) is 0 Å². The van der Waals surface area contributed by atoms with Crippen LogP contribution in [-0.4, -0.2) is 31.9 Å². The molecule has 128 valence electrons. The molecular formula is C20H17N5O. The number of hydrogen-bond acceptors (Lipinski definition) is 4. The van der Waals surface area contributed by atoms with Gasteiger partial charge in [0.2, 0.25) is 5.91 Å². The van der Waals surface area contributed by atoms with Crippen molar-refractivity contribution >= 4 is 17.6 Å². The molecule has 0 unspecified atom stereocenters. The molecule has 0 spiro atoms. The average molecular weight is 343 g/mol. The van der Waals surface area contributed by atoms with Crippen molar-refractivity contribution in [1.29, 1.82) is 5.26 Å². The first-order valence-electron chi connectivity index (χ1n) is 8.55. The third kappa shape index (κ3) is 2.84. The predicted octanol–water partition coefficient (Wildman–Crippen LogP) is 2.98. The van der Waals surface area contributed by atoms with E-state index in [1.54, 1.807) is 12.1 Å². The fourth-order valence-electron chi connectivity index (χ4n) is 3.39. The van der Waals surface area contributed by atoms with Crippen molar-refractivity contribution in [3.05, 3.63) is 71.7 Å². The number of amides is 1. The molecule has 6 nitrogen and oxygen atoms in total. The van der Waals surface area contributed by atoms with Crippen LogP contribution < -0.4 is 0 Å². The Labute approximate surface area is 151 Å². The molecule has 3 heterocycles. The number of nitrogens with zero attached hydrogens (tertiary/aromatic N) is 5. The molecule has 1 aromatic carbocycles. The Bertz CT molecular complexity index is 1030. The van der Waals surface area contributed by atoms with E-state index in [9.17, 15) is 4.79 Å². The van der Waals surface area contributed by atoms with Gasteiger partial charge in [0.15, 0.2) is 11.5 Å². The SMILES string of the molecule is N#Cc1ccccc1/C=C/C(=O)N1CCC[C@@H]1c1nnc2ccccn12. The highest BCUT2D eigenvalue weighted by Crippen LogP contribution is 2.31. The number of nitriles is 1. The maximum Gasteiger partial charge on any atom is 0.247 e. The summed E-state index contributed by atoms with van der Waals surface area (Å²) in [4.78, 5) is 14.6.